The third-order valence-electron chi connectivity index (χ3n) is 3.67. The number of benzene rings is 1. The van der Waals surface area contributed by atoms with E-state index in [2.05, 4.69) is 17.2 Å². The van der Waals surface area contributed by atoms with Crippen molar-refractivity contribution < 1.29 is 9.59 Å². The van der Waals surface area contributed by atoms with E-state index in [1.807, 2.05) is 37.3 Å². The summed E-state index contributed by atoms with van der Waals surface area (Å²) in [4.78, 5) is 26.4. The third kappa shape index (κ3) is 3.43. The largest absolute Gasteiger partial charge is 0.342 e. The summed E-state index contributed by atoms with van der Waals surface area (Å²) in [6, 6.07) is 8.80. The lowest BCUT2D eigenvalue weighted by atomic mass is 9.99. The predicted molar refractivity (Wildman–Crippen MR) is 81.3 cm³/mol. The summed E-state index contributed by atoms with van der Waals surface area (Å²) in [6.45, 7) is 3.95. The van der Waals surface area contributed by atoms with Crippen LogP contribution in [0.5, 0.6) is 0 Å². The Morgan fingerprint density at radius 2 is 1.95 bits per heavy atom. The molecule has 1 N–H and O–H groups in total. The number of hydrogen-bond acceptors (Lipinski definition) is 2. The molecule has 0 aromatic heterocycles. The number of rotatable bonds is 4. The molecule has 4 nitrogen and oxygen atoms in total. The fourth-order valence-electron chi connectivity index (χ4n) is 2.57. The number of amides is 2. The average molecular weight is 284 g/mol. The molecule has 1 aliphatic rings. The van der Waals surface area contributed by atoms with Gasteiger partial charge in [0.1, 0.15) is 12.1 Å². The summed E-state index contributed by atoms with van der Waals surface area (Å²) < 4.78 is 0. The van der Waals surface area contributed by atoms with Crippen molar-refractivity contribution in [2.75, 3.05) is 6.54 Å². The minimum atomic E-state index is -0.499. The van der Waals surface area contributed by atoms with Gasteiger partial charge in [-0.25, -0.2) is 0 Å². The van der Waals surface area contributed by atoms with E-state index in [0.29, 0.717) is 19.4 Å². The van der Waals surface area contributed by atoms with Gasteiger partial charge in [-0.05, 0) is 18.9 Å². The predicted octanol–water partition coefficient (Wildman–Crippen LogP) is 1.36. The zero-order valence-electron chi connectivity index (χ0n) is 12.4. The van der Waals surface area contributed by atoms with E-state index in [0.717, 1.165) is 5.56 Å². The molecule has 0 bridgehead atoms. The maximum atomic E-state index is 12.6. The maximum absolute atomic E-state index is 12.6. The van der Waals surface area contributed by atoms with Gasteiger partial charge in [0.05, 0.1) is 6.54 Å². The molecular weight excluding hydrogens is 264 g/mol. The first-order valence-electron chi connectivity index (χ1n) is 7.21. The number of nitrogens with one attached hydrogen (secondary N) is 1. The molecule has 4 heteroatoms. The molecule has 2 rings (SSSR count). The fraction of sp³-hybridized carbons (Fsp3) is 0.412. The zero-order chi connectivity index (χ0) is 15.2. The molecule has 0 aliphatic carbocycles. The highest BCUT2D eigenvalue weighted by Gasteiger charge is 2.38. The van der Waals surface area contributed by atoms with Crippen LogP contribution >= 0.6 is 0 Å². The van der Waals surface area contributed by atoms with E-state index in [4.69, 9.17) is 0 Å². The van der Waals surface area contributed by atoms with Gasteiger partial charge in [-0.15, -0.1) is 5.92 Å². The van der Waals surface area contributed by atoms with Crippen LogP contribution in [0.1, 0.15) is 25.8 Å². The Kier molecular flexibility index (Phi) is 4.99. The van der Waals surface area contributed by atoms with Crippen LogP contribution < -0.4 is 5.32 Å². The van der Waals surface area contributed by atoms with Gasteiger partial charge in [0.25, 0.3) is 0 Å². The van der Waals surface area contributed by atoms with Gasteiger partial charge in [0.15, 0.2) is 0 Å². The minimum Gasteiger partial charge on any atom is -0.342 e. The molecule has 2 atom stereocenters. The standard InChI is InChI=1S/C17H20N2O2/c1-3-5-11-19-15(4-2)16(20)18-14(17(19)21)12-13-9-7-6-8-10-13/h6-10,14-15H,4,11-12H2,1-2H3,(H,18,20). The van der Waals surface area contributed by atoms with Gasteiger partial charge in [-0.1, -0.05) is 43.2 Å². The average Bonchev–Trinajstić information content (AvgIpc) is 2.50. The Morgan fingerprint density at radius 1 is 1.24 bits per heavy atom. The second-order valence-corrected chi connectivity index (χ2v) is 5.07. The Hall–Kier alpha value is -2.28. The number of nitrogens with zero attached hydrogens (tertiary/aromatic N) is 1. The Morgan fingerprint density at radius 3 is 2.57 bits per heavy atom. The van der Waals surface area contributed by atoms with Crippen molar-refractivity contribution in [3.8, 4) is 11.8 Å². The van der Waals surface area contributed by atoms with Crippen molar-refractivity contribution in [3.05, 3.63) is 35.9 Å². The summed E-state index contributed by atoms with van der Waals surface area (Å²) in [5.74, 6) is 5.54. The second kappa shape index (κ2) is 6.94. The first-order chi connectivity index (χ1) is 10.2. The number of hydrogen-bond donors (Lipinski definition) is 1. The lowest BCUT2D eigenvalue weighted by Gasteiger charge is -2.37. The number of carbonyl (C=O) groups is 2. The first kappa shape index (κ1) is 15.1. The van der Waals surface area contributed by atoms with Crippen LogP contribution in [0.15, 0.2) is 30.3 Å². The summed E-state index contributed by atoms with van der Waals surface area (Å²) in [5.41, 5.74) is 1.03. The fourth-order valence-corrected chi connectivity index (χ4v) is 2.57. The Labute approximate surface area is 125 Å². The summed E-state index contributed by atoms with van der Waals surface area (Å²) in [7, 11) is 0. The summed E-state index contributed by atoms with van der Waals surface area (Å²) in [5, 5.41) is 2.84. The molecule has 2 unspecified atom stereocenters. The Bertz CT molecular complexity index is 571. The van der Waals surface area contributed by atoms with Gasteiger partial charge in [0.2, 0.25) is 11.8 Å². The normalized spacial score (nSPS) is 21.5. The summed E-state index contributed by atoms with van der Waals surface area (Å²) in [6.07, 6.45) is 1.11. The van der Waals surface area contributed by atoms with Gasteiger partial charge in [-0.3, -0.25) is 9.59 Å². The molecule has 1 aromatic carbocycles. The Balaban J connectivity index is 2.17. The van der Waals surface area contributed by atoms with Crippen molar-refractivity contribution in [2.45, 2.75) is 38.8 Å². The van der Waals surface area contributed by atoms with Crippen LogP contribution in [-0.4, -0.2) is 35.3 Å². The molecule has 0 spiro atoms. The van der Waals surface area contributed by atoms with Crippen molar-refractivity contribution in [2.24, 2.45) is 0 Å². The molecule has 21 heavy (non-hydrogen) atoms. The highest BCUT2D eigenvalue weighted by atomic mass is 16.2. The SMILES string of the molecule is CC#CCN1C(=O)C(Cc2ccccc2)NC(=O)C1CC. The van der Waals surface area contributed by atoms with E-state index >= 15 is 0 Å². The molecule has 0 radical (unpaired) electrons. The maximum Gasteiger partial charge on any atom is 0.246 e. The lowest BCUT2D eigenvalue weighted by Crippen LogP contribution is -2.63. The van der Waals surface area contributed by atoms with Crippen LogP contribution in [-0.2, 0) is 16.0 Å². The van der Waals surface area contributed by atoms with Gasteiger partial charge >= 0.3 is 0 Å². The molecule has 2 amide bonds. The van der Waals surface area contributed by atoms with Gasteiger partial charge in [-0.2, -0.15) is 0 Å². The van der Waals surface area contributed by atoms with Crippen molar-refractivity contribution >= 4 is 11.8 Å². The minimum absolute atomic E-state index is 0.0481. The first-order valence-corrected chi connectivity index (χ1v) is 7.21. The van der Waals surface area contributed by atoms with Crippen LogP contribution in [0.4, 0.5) is 0 Å². The van der Waals surface area contributed by atoms with Gasteiger partial charge < -0.3 is 10.2 Å². The van der Waals surface area contributed by atoms with E-state index in [1.165, 1.54) is 0 Å². The van der Waals surface area contributed by atoms with E-state index in [9.17, 15) is 9.59 Å². The second-order valence-electron chi connectivity index (χ2n) is 5.07. The highest BCUT2D eigenvalue weighted by Crippen LogP contribution is 2.15. The van der Waals surface area contributed by atoms with E-state index < -0.39 is 12.1 Å². The number of carbonyl (C=O) groups excluding carboxylic acids is 2. The molecule has 1 aliphatic heterocycles. The quantitative estimate of drug-likeness (QED) is 0.849. The molecule has 110 valence electrons. The topological polar surface area (TPSA) is 49.4 Å². The van der Waals surface area contributed by atoms with Crippen molar-refractivity contribution in [1.82, 2.24) is 10.2 Å². The molecule has 1 fully saturated rings. The van der Waals surface area contributed by atoms with Crippen LogP contribution in [0.2, 0.25) is 0 Å². The van der Waals surface area contributed by atoms with Crippen molar-refractivity contribution in [3.63, 3.8) is 0 Å². The zero-order valence-corrected chi connectivity index (χ0v) is 12.4. The van der Waals surface area contributed by atoms with E-state index in [-0.39, 0.29) is 11.8 Å². The molecule has 0 saturated carbocycles. The molecule has 1 aromatic rings. The van der Waals surface area contributed by atoms with Gasteiger partial charge in [0, 0.05) is 6.42 Å². The highest BCUT2D eigenvalue weighted by molar-refractivity contribution is 5.97. The smallest absolute Gasteiger partial charge is 0.246 e. The van der Waals surface area contributed by atoms with Crippen molar-refractivity contribution in [1.29, 1.82) is 0 Å². The summed E-state index contributed by atoms with van der Waals surface area (Å²) >= 11 is 0. The van der Waals surface area contributed by atoms with E-state index in [1.54, 1.807) is 11.8 Å². The van der Waals surface area contributed by atoms with Crippen LogP contribution in [0.25, 0.3) is 0 Å². The third-order valence-corrected chi connectivity index (χ3v) is 3.67. The van der Waals surface area contributed by atoms with Crippen LogP contribution in [0, 0.1) is 11.8 Å². The monoisotopic (exact) mass is 284 g/mol. The van der Waals surface area contributed by atoms with Crippen LogP contribution in [0.3, 0.4) is 0 Å². The molecular formula is C17H20N2O2. The molecule has 1 heterocycles. The number of piperazine rings is 1. The molecule has 1 saturated heterocycles. The lowest BCUT2D eigenvalue weighted by molar-refractivity contribution is -0.148.